The Morgan fingerprint density at radius 2 is 2.12 bits per heavy atom. The zero-order valence-corrected chi connectivity index (χ0v) is 16.8. The lowest BCUT2D eigenvalue weighted by atomic mass is 10.0. The quantitative estimate of drug-likeness (QED) is 0.717. The molecule has 2 unspecified atom stereocenters. The van der Waals surface area contributed by atoms with Crippen LogP contribution in [0.1, 0.15) is 45.6 Å². The summed E-state index contributed by atoms with van der Waals surface area (Å²) in [6.07, 6.45) is 3.06. The van der Waals surface area contributed by atoms with E-state index in [0.29, 0.717) is 18.5 Å². The Labute approximate surface area is 157 Å². The Balaban J connectivity index is 1.81. The Morgan fingerprint density at radius 1 is 1.38 bits per heavy atom. The van der Waals surface area contributed by atoms with Gasteiger partial charge < -0.3 is 15.4 Å². The summed E-state index contributed by atoms with van der Waals surface area (Å²) in [5.74, 6) is 0.423. The Bertz CT molecular complexity index is 575. The molecule has 1 aliphatic carbocycles. The minimum Gasteiger partial charge on any atom is -0.444 e. The largest absolute Gasteiger partial charge is 0.444 e. The number of benzene rings is 1. The number of halogens is 2. The summed E-state index contributed by atoms with van der Waals surface area (Å²) in [5.41, 5.74) is 0.626. The Morgan fingerprint density at radius 3 is 2.79 bits per heavy atom. The number of alkyl carbamates (subject to hydrolysis) is 1. The third-order valence-electron chi connectivity index (χ3n) is 4.14. The first-order valence-corrected chi connectivity index (χ1v) is 9.56. The van der Waals surface area contributed by atoms with Crippen molar-refractivity contribution in [3.05, 3.63) is 33.3 Å². The number of hydrogen-bond donors (Lipinski definition) is 2. The van der Waals surface area contributed by atoms with Gasteiger partial charge in [0, 0.05) is 28.6 Å². The molecule has 0 bridgehead atoms. The smallest absolute Gasteiger partial charge is 0.407 e. The van der Waals surface area contributed by atoms with Gasteiger partial charge in [0.15, 0.2) is 0 Å². The molecule has 1 saturated carbocycles. The van der Waals surface area contributed by atoms with Crippen LogP contribution in [0.25, 0.3) is 0 Å². The number of hydrogen-bond acceptors (Lipinski definition) is 3. The number of nitrogens with one attached hydrogen (secondary N) is 2. The first-order valence-electron chi connectivity index (χ1n) is 8.39. The zero-order valence-electron chi connectivity index (χ0n) is 14.5. The molecule has 0 aliphatic heterocycles. The molecule has 1 aromatic carbocycles. The fourth-order valence-electron chi connectivity index (χ4n) is 2.98. The second kappa shape index (κ2) is 8.54. The normalized spacial score (nSPS) is 20.9. The van der Waals surface area contributed by atoms with Gasteiger partial charge in [0.2, 0.25) is 0 Å². The molecular weight excluding hydrogens is 392 g/mol. The van der Waals surface area contributed by atoms with Crippen molar-refractivity contribution in [2.45, 2.75) is 58.2 Å². The molecule has 0 aromatic heterocycles. The van der Waals surface area contributed by atoms with Gasteiger partial charge in [-0.25, -0.2) is 4.79 Å². The topological polar surface area (TPSA) is 50.4 Å². The third kappa shape index (κ3) is 6.26. The standard InChI is InChI=1S/C18H26BrClN2O2/c1-18(2,3)24-17(23)22-11-13-5-4-6-16(13)21-10-12-7-8-14(19)9-15(12)20/h7-9,13,16,21H,4-6,10-11H2,1-3H3,(H,22,23). The van der Waals surface area contributed by atoms with Crippen molar-refractivity contribution in [1.29, 1.82) is 0 Å². The van der Waals surface area contributed by atoms with Crippen LogP contribution < -0.4 is 10.6 Å². The lowest BCUT2D eigenvalue weighted by molar-refractivity contribution is 0.0517. The summed E-state index contributed by atoms with van der Waals surface area (Å²) < 4.78 is 6.28. The van der Waals surface area contributed by atoms with Crippen LogP contribution in [0, 0.1) is 5.92 Å². The highest BCUT2D eigenvalue weighted by Crippen LogP contribution is 2.27. The maximum atomic E-state index is 11.8. The molecule has 1 amide bonds. The molecule has 4 nitrogen and oxygen atoms in total. The van der Waals surface area contributed by atoms with E-state index in [1.54, 1.807) is 0 Å². The molecule has 24 heavy (non-hydrogen) atoms. The van der Waals surface area contributed by atoms with E-state index < -0.39 is 5.60 Å². The van der Waals surface area contributed by atoms with Gasteiger partial charge in [-0.1, -0.05) is 40.0 Å². The van der Waals surface area contributed by atoms with Gasteiger partial charge >= 0.3 is 6.09 Å². The number of carbonyl (C=O) groups is 1. The second-order valence-electron chi connectivity index (χ2n) is 7.30. The first kappa shape index (κ1) is 19.5. The number of amides is 1. The highest BCUT2D eigenvalue weighted by atomic mass is 79.9. The maximum absolute atomic E-state index is 11.8. The summed E-state index contributed by atoms with van der Waals surface area (Å²) in [7, 11) is 0. The average Bonchev–Trinajstić information content (AvgIpc) is 2.90. The monoisotopic (exact) mass is 416 g/mol. The van der Waals surface area contributed by atoms with Crippen LogP contribution in [0.2, 0.25) is 5.02 Å². The van der Waals surface area contributed by atoms with E-state index in [1.807, 2.05) is 39.0 Å². The van der Waals surface area contributed by atoms with Crippen molar-refractivity contribution in [2.24, 2.45) is 5.92 Å². The average molecular weight is 418 g/mol. The van der Waals surface area contributed by atoms with E-state index in [9.17, 15) is 4.79 Å². The minimum atomic E-state index is -0.463. The van der Waals surface area contributed by atoms with E-state index >= 15 is 0 Å². The van der Waals surface area contributed by atoms with Gasteiger partial charge in [-0.2, -0.15) is 0 Å². The fourth-order valence-corrected chi connectivity index (χ4v) is 3.72. The van der Waals surface area contributed by atoms with Crippen molar-refractivity contribution in [1.82, 2.24) is 10.6 Å². The van der Waals surface area contributed by atoms with E-state index in [1.165, 1.54) is 6.42 Å². The molecule has 6 heteroatoms. The number of ether oxygens (including phenoxy) is 1. The Hall–Kier alpha value is -0.780. The Kier molecular flexibility index (Phi) is 6.96. The van der Waals surface area contributed by atoms with E-state index in [4.69, 9.17) is 16.3 Å². The van der Waals surface area contributed by atoms with Crippen LogP contribution >= 0.6 is 27.5 Å². The lowest BCUT2D eigenvalue weighted by Gasteiger charge is -2.24. The predicted molar refractivity (Wildman–Crippen MR) is 101 cm³/mol. The van der Waals surface area contributed by atoms with Gasteiger partial charge in [0.05, 0.1) is 0 Å². The van der Waals surface area contributed by atoms with E-state index in [2.05, 4.69) is 26.6 Å². The molecule has 2 N–H and O–H groups in total. The van der Waals surface area contributed by atoms with Gasteiger partial charge in [-0.3, -0.25) is 0 Å². The molecule has 134 valence electrons. The van der Waals surface area contributed by atoms with Gasteiger partial charge in [0.25, 0.3) is 0 Å². The highest BCUT2D eigenvalue weighted by molar-refractivity contribution is 9.10. The summed E-state index contributed by atoms with van der Waals surface area (Å²) in [4.78, 5) is 11.8. The molecule has 0 radical (unpaired) electrons. The predicted octanol–water partition coefficient (Wildman–Crippen LogP) is 4.89. The van der Waals surface area contributed by atoms with Gasteiger partial charge in [-0.05, 0) is 57.2 Å². The van der Waals surface area contributed by atoms with Crippen molar-refractivity contribution in [3.8, 4) is 0 Å². The lowest BCUT2D eigenvalue weighted by Crippen LogP contribution is -2.40. The fraction of sp³-hybridized carbons (Fsp3) is 0.611. The second-order valence-corrected chi connectivity index (χ2v) is 8.62. The van der Waals surface area contributed by atoms with Crippen LogP contribution in [0.5, 0.6) is 0 Å². The van der Waals surface area contributed by atoms with E-state index in [-0.39, 0.29) is 6.09 Å². The highest BCUT2D eigenvalue weighted by Gasteiger charge is 2.28. The molecule has 1 aromatic rings. The molecule has 2 rings (SSSR count). The van der Waals surface area contributed by atoms with Gasteiger partial charge in [0.1, 0.15) is 5.60 Å². The summed E-state index contributed by atoms with van der Waals surface area (Å²) in [6.45, 7) is 6.98. The molecule has 0 saturated heterocycles. The maximum Gasteiger partial charge on any atom is 0.407 e. The van der Waals surface area contributed by atoms with Crippen LogP contribution in [-0.4, -0.2) is 24.3 Å². The molecule has 0 heterocycles. The number of carbonyl (C=O) groups excluding carboxylic acids is 1. The van der Waals surface area contributed by atoms with Crippen molar-refractivity contribution in [3.63, 3.8) is 0 Å². The van der Waals surface area contributed by atoms with Crippen LogP contribution in [0.4, 0.5) is 4.79 Å². The van der Waals surface area contributed by atoms with Crippen molar-refractivity contribution in [2.75, 3.05) is 6.54 Å². The third-order valence-corrected chi connectivity index (χ3v) is 4.98. The van der Waals surface area contributed by atoms with E-state index in [0.717, 1.165) is 34.4 Å². The van der Waals surface area contributed by atoms with Gasteiger partial charge in [-0.15, -0.1) is 0 Å². The van der Waals surface area contributed by atoms with Crippen LogP contribution in [0.15, 0.2) is 22.7 Å². The summed E-state index contributed by atoms with van der Waals surface area (Å²) in [6, 6.07) is 6.33. The summed E-state index contributed by atoms with van der Waals surface area (Å²) >= 11 is 9.69. The minimum absolute atomic E-state index is 0.343. The molecule has 2 atom stereocenters. The van der Waals surface area contributed by atoms with Crippen LogP contribution in [-0.2, 0) is 11.3 Å². The van der Waals surface area contributed by atoms with Crippen molar-refractivity contribution < 1.29 is 9.53 Å². The van der Waals surface area contributed by atoms with Crippen LogP contribution in [0.3, 0.4) is 0 Å². The zero-order chi connectivity index (χ0) is 17.7. The SMILES string of the molecule is CC(C)(C)OC(=O)NCC1CCCC1NCc1ccc(Br)cc1Cl. The first-order chi connectivity index (χ1) is 11.2. The van der Waals surface area contributed by atoms with Crippen molar-refractivity contribution >= 4 is 33.6 Å². The molecule has 1 aliphatic rings. The molecule has 0 spiro atoms. The number of rotatable bonds is 5. The molecular formula is C18H26BrClN2O2. The summed E-state index contributed by atoms with van der Waals surface area (Å²) in [5, 5.41) is 7.25. The molecule has 1 fully saturated rings.